The normalized spacial score (nSPS) is 10.4. The van der Waals surface area contributed by atoms with E-state index in [0.717, 1.165) is 23.5 Å². The van der Waals surface area contributed by atoms with Crippen molar-refractivity contribution in [2.45, 2.75) is 19.8 Å². The highest BCUT2D eigenvalue weighted by Gasteiger charge is 2.09. The summed E-state index contributed by atoms with van der Waals surface area (Å²) >= 11 is 7.08. The highest BCUT2D eigenvalue weighted by molar-refractivity contribution is 7.13. The second-order valence-corrected chi connectivity index (χ2v) is 5.80. The Labute approximate surface area is 121 Å². The maximum absolute atomic E-state index is 12.0. The monoisotopic (exact) mass is 294 g/mol. The lowest BCUT2D eigenvalue weighted by Gasteiger charge is -2.06. The molecule has 0 saturated carbocycles. The van der Waals surface area contributed by atoms with Gasteiger partial charge in [-0.3, -0.25) is 4.79 Å². The van der Waals surface area contributed by atoms with E-state index in [1.54, 1.807) is 6.20 Å². The Morgan fingerprint density at radius 2 is 2.32 bits per heavy atom. The second-order valence-electron chi connectivity index (χ2n) is 4.19. The van der Waals surface area contributed by atoms with Gasteiger partial charge in [-0.05, 0) is 37.5 Å². The maximum Gasteiger partial charge on any atom is 0.267 e. The lowest BCUT2D eigenvalue weighted by Crippen LogP contribution is -2.10. The van der Waals surface area contributed by atoms with Crippen LogP contribution in [0.3, 0.4) is 0 Å². The molecule has 100 valence electrons. The summed E-state index contributed by atoms with van der Waals surface area (Å²) in [5, 5.41) is 3.78. The summed E-state index contributed by atoms with van der Waals surface area (Å²) in [6.45, 7) is 1.88. The SMILES string of the molecule is Cc1ncc(C(=O)Nc2cccc(CCCCl)c2)s1. The van der Waals surface area contributed by atoms with E-state index in [2.05, 4.69) is 10.3 Å². The predicted octanol–water partition coefficient (Wildman–Crippen LogP) is 3.88. The topological polar surface area (TPSA) is 42.0 Å². The average Bonchev–Trinajstić information content (AvgIpc) is 2.83. The first-order chi connectivity index (χ1) is 9.19. The molecular formula is C14H15ClN2OS. The Morgan fingerprint density at radius 3 is 3.00 bits per heavy atom. The summed E-state index contributed by atoms with van der Waals surface area (Å²) in [5.41, 5.74) is 1.99. The van der Waals surface area contributed by atoms with Crippen molar-refractivity contribution in [2.24, 2.45) is 0 Å². The summed E-state index contributed by atoms with van der Waals surface area (Å²) in [6.07, 6.45) is 3.46. The molecule has 2 rings (SSSR count). The summed E-state index contributed by atoms with van der Waals surface area (Å²) in [4.78, 5) is 16.7. The number of hydrogen-bond acceptors (Lipinski definition) is 3. The minimum Gasteiger partial charge on any atom is -0.321 e. The van der Waals surface area contributed by atoms with Gasteiger partial charge in [0.15, 0.2) is 0 Å². The minimum atomic E-state index is -0.111. The Kier molecular flexibility index (Phi) is 4.93. The number of halogens is 1. The van der Waals surface area contributed by atoms with Crippen molar-refractivity contribution in [3.05, 3.63) is 45.9 Å². The van der Waals surface area contributed by atoms with Crippen LogP contribution in [0.4, 0.5) is 5.69 Å². The van der Waals surface area contributed by atoms with Crippen LogP contribution in [0.5, 0.6) is 0 Å². The van der Waals surface area contributed by atoms with E-state index in [0.29, 0.717) is 10.8 Å². The van der Waals surface area contributed by atoms with Crippen molar-refractivity contribution in [1.82, 2.24) is 4.98 Å². The number of anilines is 1. The quantitative estimate of drug-likeness (QED) is 0.851. The van der Waals surface area contributed by atoms with Crippen LogP contribution in [0.25, 0.3) is 0 Å². The number of aromatic nitrogens is 1. The largest absolute Gasteiger partial charge is 0.321 e. The first-order valence-electron chi connectivity index (χ1n) is 6.08. The molecule has 0 aliphatic heterocycles. The third-order valence-corrected chi connectivity index (χ3v) is 3.81. The van der Waals surface area contributed by atoms with Crippen molar-refractivity contribution in [3.63, 3.8) is 0 Å². The van der Waals surface area contributed by atoms with Gasteiger partial charge in [-0.25, -0.2) is 4.98 Å². The number of alkyl halides is 1. The van der Waals surface area contributed by atoms with E-state index in [-0.39, 0.29) is 5.91 Å². The third-order valence-electron chi connectivity index (χ3n) is 2.63. The zero-order valence-corrected chi connectivity index (χ0v) is 12.2. The lowest BCUT2D eigenvalue weighted by molar-refractivity contribution is 0.103. The highest BCUT2D eigenvalue weighted by atomic mass is 35.5. The van der Waals surface area contributed by atoms with E-state index < -0.39 is 0 Å². The molecule has 2 aromatic rings. The fourth-order valence-corrected chi connectivity index (χ4v) is 2.54. The summed E-state index contributed by atoms with van der Waals surface area (Å²) in [5.74, 6) is 0.539. The van der Waals surface area contributed by atoms with E-state index in [4.69, 9.17) is 11.6 Å². The minimum absolute atomic E-state index is 0.111. The van der Waals surface area contributed by atoms with Crippen LogP contribution in [0.2, 0.25) is 0 Å². The smallest absolute Gasteiger partial charge is 0.267 e. The van der Waals surface area contributed by atoms with Crippen LogP contribution >= 0.6 is 22.9 Å². The zero-order chi connectivity index (χ0) is 13.7. The Morgan fingerprint density at radius 1 is 1.47 bits per heavy atom. The molecule has 0 atom stereocenters. The number of nitrogens with one attached hydrogen (secondary N) is 1. The summed E-state index contributed by atoms with van der Waals surface area (Å²) < 4.78 is 0. The Bertz CT molecular complexity index is 568. The molecule has 0 spiro atoms. The van der Waals surface area contributed by atoms with Gasteiger partial charge in [0.2, 0.25) is 0 Å². The molecule has 0 radical (unpaired) electrons. The predicted molar refractivity (Wildman–Crippen MR) is 80.3 cm³/mol. The first-order valence-corrected chi connectivity index (χ1v) is 7.43. The molecule has 0 bridgehead atoms. The first kappa shape index (κ1) is 14.0. The number of amides is 1. The Hall–Kier alpha value is -1.39. The molecule has 0 unspecified atom stereocenters. The standard InChI is InChI=1S/C14H15ClN2OS/c1-10-16-9-13(19-10)14(18)17-12-6-2-4-11(8-12)5-3-7-15/h2,4,6,8-9H,3,5,7H2,1H3,(H,17,18). The molecule has 5 heteroatoms. The third kappa shape index (κ3) is 4.04. The van der Waals surface area contributed by atoms with Crippen LogP contribution in [0.15, 0.2) is 30.5 Å². The second kappa shape index (κ2) is 6.68. The van der Waals surface area contributed by atoms with Crippen LogP contribution in [0, 0.1) is 6.92 Å². The van der Waals surface area contributed by atoms with Crippen molar-refractivity contribution in [3.8, 4) is 0 Å². The number of aryl methyl sites for hydroxylation is 2. The van der Waals surface area contributed by atoms with Crippen LogP contribution < -0.4 is 5.32 Å². The molecule has 19 heavy (non-hydrogen) atoms. The fourth-order valence-electron chi connectivity index (χ4n) is 1.73. The fraction of sp³-hybridized carbons (Fsp3) is 0.286. The number of carbonyl (C=O) groups is 1. The van der Waals surface area contributed by atoms with Gasteiger partial charge in [-0.2, -0.15) is 0 Å². The molecule has 1 amide bonds. The summed E-state index contributed by atoms with van der Waals surface area (Å²) in [6, 6.07) is 7.85. The van der Waals surface area contributed by atoms with Gasteiger partial charge in [0.25, 0.3) is 5.91 Å². The van der Waals surface area contributed by atoms with Crippen LogP contribution in [-0.2, 0) is 6.42 Å². The van der Waals surface area contributed by atoms with Gasteiger partial charge < -0.3 is 5.32 Å². The maximum atomic E-state index is 12.0. The molecule has 1 N–H and O–H groups in total. The highest BCUT2D eigenvalue weighted by Crippen LogP contribution is 2.16. The van der Waals surface area contributed by atoms with Gasteiger partial charge in [0.1, 0.15) is 4.88 Å². The number of thiazole rings is 1. The molecule has 0 fully saturated rings. The molecule has 1 heterocycles. The molecule has 1 aromatic heterocycles. The number of benzene rings is 1. The van der Waals surface area contributed by atoms with Crippen LogP contribution in [-0.4, -0.2) is 16.8 Å². The molecule has 0 saturated heterocycles. The molecule has 3 nitrogen and oxygen atoms in total. The number of carbonyl (C=O) groups excluding carboxylic acids is 1. The lowest BCUT2D eigenvalue weighted by atomic mass is 10.1. The average molecular weight is 295 g/mol. The van der Waals surface area contributed by atoms with E-state index in [9.17, 15) is 4.79 Å². The number of nitrogens with zero attached hydrogens (tertiary/aromatic N) is 1. The van der Waals surface area contributed by atoms with Gasteiger partial charge >= 0.3 is 0 Å². The number of hydrogen-bond donors (Lipinski definition) is 1. The van der Waals surface area contributed by atoms with Gasteiger partial charge in [0.05, 0.1) is 11.2 Å². The van der Waals surface area contributed by atoms with Crippen LogP contribution in [0.1, 0.15) is 26.7 Å². The van der Waals surface area contributed by atoms with Crippen molar-refractivity contribution in [1.29, 1.82) is 0 Å². The van der Waals surface area contributed by atoms with Gasteiger partial charge in [-0.1, -0.05) is 12.1 Å². The zero-order valence-electron chi connectivity index (χ0n) is 10.6. The molecular weight excluding hydrogens is 280 g/mol. The molecule has 0 aliphatic rings. The summed E-state index contributed by atoms with van der Waals surface area (Å²) in [7, 11) is 0. The number of rotatable bonds is 5. The van der Waals surface area contributed by atoms with E-state index in [1.165, 1.54) is 16.9 Å². The van der Waals surface area contributed by atoms with Gasteiger partial charge in [0, 0.05) is 11.6 Å². The van der Waals surface area contributed by atoms with E-state index >= 15 is 0 Å². The molecule has 1 aromatic carbocycles. The van der Waals surface area contributed by atoms with Crippen molar-refractivity contribution >= 4 is 34.5 Å². The molecule has 0 aliphatic carbocycles. The van der Waals surface area contributed by atoms with E-state index in [1.807, 2.05) is 31.2 Å². The Balaban J connectivity index is 2.04. The van der Waals surface area contributed by atoms with Crippen molar-refractivity contribution < 1.29 is 4.79 Å². The van der Waals surface area contributed by atoms with Gasteiger partial charge in [-0.15, -0.1) is 22.9 Å². The van der Waals surface area contributed by atoms with Crippen molar-refractivity contribution in [2.75, 3.05) is 11.2 Å².